The number of nitrogens with one attached hydrogen (secondary N) is 2. The zero-order valence-corrected chi connectivity index (χ0v) is 13.5. The van der Waals surface area contributed by atoms with Crippen LogP contribution in [0, 0.1) is 5.92 Å². The van der Waals surface area contributed by atoms with Crippen LogP contribution in [0.4, 0.5) is 0 Å². The molecule has 122 valence electrons. The lowest BCUT2D eigenvalue weighted by Crippen LogP contribution is -2.32. The van der Waals surface area contributed by atoms with Crippen molar-refractivity contribution in [2.45, 2.75) is 38.8 Å². The van der Waals surface area contributed by atoms with E-state index in [0.29, 0.717) is 17.5 Å². The van der Waals surface area contributed by atoms with Gasteiger partial charge < -0.3 is 10.3 Å². The van der Waals surface area contributed by atoms with Gasteiger partial charge in [0.25, 0.3) is 0 Å². The minimum atomic E-state index is -0.416. The first-order valence-electron chi connectivity index (χ1n) is 7.99. The van der Waals surface area contributed by atoms with Gasteiger partial charge in [-0.1, -0.05) is 13.8 Å². The summed E-state index contributed by atoms with van der Waals surface area (Å²) < 4.78 is 2.04. The topological polar surface area (TPSA) is 85.0 Å². The van der Waals surface area contributed by atoms with Gasteiger partial charge >= 0.3 is 0 Å². The molecule has 3 rings (SSSR count). The molecule has 0 saturated carbocycles. The number of carbonyl (C=O) groups excluding carboxylic acids is 1. The van der Waals surface area contributed by atoms with Crippen molar-refractivity contribution in [2.75, 3.05) is 0 Å². The van der Waals surface area contributed by atoms with Crippen LogP contribution in [0.2, 0.25) is 0 Å². The molecule has 1 aliphatic rings. The van der Waals surface area contributed by atoms with Crippen molar-refractivity contribution >= 4 is 5.91 Å². The van der Waals surface area contributed by atoms with Crippen molar-refractivity contribution in [1.82, 2.24) is 20.4 Å². The number of imidazole rings is 1. The fourth-order valence-corrected chi connectivity index (χ4v) is 3.09. The number of carbonyl (C=O) groups is 1. The minimum Gasteiger partial charge on any atom is -0.366 e. The molecule has 1 saturated heterocycles. The Labute approximate surface area is 136 Å². The van der Waals surface area contributed by atoms with Crippen molar-refractivity contribution in [2.24, 2.45) is 11.7 Å². The second-order valence-corrected chi connectivity index (χ2v) is 6.47. The predicted molar refractivity (Wildman–Crippen MR) is 89.0 cm³/mol. The average Bonchev–Trinajstić information content (AvgIpc) is 3.15. The smallest absolute Gasteiger partial charge is 0.248 e. The van der Waals surface area contributed by atoms with Crippen LogP contribution >= 0.6 is 0 Å². The molecule has 2 atom stereocenters. The summed E-state index contributed by atoms with van der Waals surface area (Å²) in [6.07, 6.45) is 5.88. The van der Waals surface area contributed by atoms with Crippen LogP contribution in [0.5, 0.6) is 0 Å². The van der Waals surface area contributed by atoms with Gasteiger partial charge in [0.05, 0.1) is 6.04 Å². The molecule has 1 amide bonds. The van der Waals surface area contributed by atoms with Crippen LogP contribution in [0.3, 0.4) is 0 Å². The highest BCUT2D eigenvalue weighted by atomic mass is 16.1. The van der Waals surface area contributed by atoms with E-state index in [2.05, 4.69) is 29.7 Å². The summed E-state index contributed by atoms with van der Waals surface area (Å²) in [5.74, 6) is 1.21. The Kier molecular flexibility index (Phi) is 4.45. The highest BCUT2D eigenvalue weighted by molar-refractivity contribution is 5.92. The maximum absolute atomic E-state index is 11.2. The van der Waals surface area contributed by atoms with Crippen LogP contribution in [-0.4, -0.2) is 21.5 Å². The van der Waals surface area contributed by atoms with Crippen LogP contribution in [0.1, 0.15) is 48.9 Å². The lowest BCUT2D eigenvalue weighted by atomic mass is 10.00. The fourth-order valence-electron chi connectivity index (χ4n) is 3.09. The van der Waals surface area contributed by atoms with E-state index in [9.17, 15) is 4.79 Å². The number of nitrogens with zero attached hydrogens (tertiary/aromatic N) is 2. The number of hydrazine groups is 1. The maximum Gasteiger partial charge on any atom is 0.248 e. The van der Waals surface area contributed by atoms with E-state index in [1.807, 2.05) is 22.9 Å². The quantitative estimate of drug-likeness (QED) is 0.787. The molecule has 2 aromatic rings. The molecule has 2 unspecified atom stereocenters. The van der Waals surface area contributed by atoms with E-state index in [4.69, 9.17) is 5.73 Å². The largest absolute Gasteiger partial charge is 0.366 e. The summed E-state index contributed by atoms with van der Waals surface area (Å²) in [7, 11) is 0. The molecule has 0 bridgehead atoms. The molecule has 23 heavy (non-hydrogen) atoms. The van der Waals surface area contributed by atoms with Gasteiger partial charge in [-0.15, -0.1) is 0 Å². The summed E-state index contributed by atoms with van der Waals surface area (Å²) in [4.78, 5) is 15.7. The molecule has 0 spiro atoms. The summed E-state index contributed by atoms with van der Waals surface area (Å²) >= 11 is 0. The van der Waals surface area contributed by atoms with Gasteiger partial charge in [0.15, 0.2) is 0 Å². The third kappa shape index (κ3) is 3.43. The SMILES string of the molecule is CC(C)CC1CC(c2nccn2-c2ccc(C(N)=O)cc2)NN1. The van der Waals surface area contributed by atoms with Crippen molar-refractivity contribution in [3.8, 4) is 5.69 Å². The highest BCUT2D eigenvalue weighted by Crippen LogP contribution is 2.26. The summed E-state index contributed by atoms with van der Waals surface area (Å²) in [6, 6.07) is 7.89. The summed E-state index contributed by atoms with van der Waals surface area (Å²) in [5.41, 5.74) is 13.5. The van der Waals surface area contributed by atoms with Crippen molar-refractivity contribution in [3.05, 3.63) is 48.0 Å². The van der Waals surface area contributed by atoms with Crippen molar-refractivity contribution in [1.29, 1.82) is 0 Å². The molecular formula is C17H23N5O. The van der Waals surface area contributed by atoms with Crippen LogP contribution < -0.4 is 16.6 Å². The minimum absolute atomic E-state index is 0.171. The molecule has 1 aromatic carbocycles. The van der Waals surface area contributed by atoms with Crippen LogP contribution in [-0.2, 0) is 0 Å². The van der Waals surface area contributed by atoms with E-state index < -0.39 is 5.91 Å². The Morgan fingerprint density at radius 3 is 2.74 bits per heavy atom. The molecule has 2 heterocycles. The number of rotatable bonds is 5. The van der Waals surface area contributed by atoms with Gasteiger partial charge in [-0.05, 0) is 43.0 Å². The number of hydrogen-bond acceptors (Lipinski definition) is 4. The number of hydrogen-bond donors (Lipinski definition) is 3. The molecule has 1 aliphatic heterocycles. The van der Waals surface area contributed by atoms with Crippen LogP contribution in [0.25, 0.3) is 5.69 Å². The monoisotopic (exact) mass is 313 g/mol. The van der Waals surface area contributed by atoms with Crippen molar-refractivity contribution in [3.63, 3.8) is 0 Å². The second kappa shape index (κ2) is 6.52. The highest BCUT2D eigenvalue weighted by Gasteiger charge is 2.28. The average molecular weight is 313 g/mol. The molecule has 1 fully saturated rings. The molecule has 4 N–H and O–H groups in total. The molecule has 0 aliphatic carbocycles. The molecule has 1 aromatic heterocycles. The predicted octanol–water partition coefficient (Wildman–Crippen LogP) is 1.92. The zero-order valence-electron chi connectivity index (χ0n) is 13.5. The standard InChI is InChI=1S/C17H23N5O/c1-11(2)9-13-10-15(21-20-13)17-19-7-8-22(17)14-5-3-12(4-6-14)16(18)23/h3-8,11,13,15,20-21H,9-10H2,1-2H3,(H2,18,23). The molecule has 6 nitrogen and oxygen atoms in total. The van der Waals surface area contributed by atoms with Gasteiger partial charge in [0, 0.05) is 29.7 Å². The lowest BCUT2D eigenvalue weighted by Gasteiger charge is -2.13. The first-order valence-corrected chi connectivity index (χ1v) is 7.99. The van der Waals surface area contributed by atoms with Crippen molar-refractivity contribution < 1.29 is 4.79 Å². The summed E-state index contributed by atoms with van der Waals surface area (Å²) in [6.45, 7) is 4.46. The second-order valence-electron chi connectivity index (χ2n) is 6.47. The molecule has 0 radical (unpaired) electrons. The first kappa shape index (κ1) is 15.7. The number of aromatic nitrogens is 2. The third-order valence-corrected chi connectivity index (χ3v) is 4.15. The Morgan fingerprint density at radius 1 is 1.35 bits per heavy atom. The van der Waals surface area contributed by atoms with E-state index in [1.165, 1.54) is 0 Å². The number of benzene rings is 1. The number of nitrogens with two attached hydrogens (primary N) is 1. The van der Waals surface area contributed by atoms with Gasteiger partial charge in [0.1, 0.15) is 5.82 Å². The van der Waals surface area contributed by atoms with E-state index in [0.717, 1.165) is 24.4 Å². The van der Waals surface area contributed by atoms with E-state index in [1.54, 1.807) is 18.3 Å². The lowest BCUT2D eigenvalue weighted by molar-refractivity contribution is 0.100. The maximum atomic E-state index is 11.2. The fraction of sp³-hybridized carbons (Fsp3) is 0.412. The van der Waals surface area contributed by atoms with Gasteiger partial charge in [0.2, 0.25) is 5.91 Å². The third-order valence-electron chi connectivity index (χ3n) is 4.15. The Hall–Kier alpha value is -2.18. The Balaban J connectivity index is 1.79. The van der Waals surface area contributed by atoms with Gasteiger partial charge in [-0.2, -0.15) is 0 Å². The van der Waals surface area contributed by atoms with Gasteiger partial charge in [-0.3, -0.25) is 10.2 Å². The normalized spacial score (nSPS) is 21.0. The van der Waals surface area contributed by atoms with Gasteiger partial charge in [-0.25, -0.2) is 10.4 Å². The Bertz CT molecular complexity index is 677. The Morgan fingerprint density at radius 2 is 2.09 bits per heavy atom. The molecular weight excluding hydrogens is 290 g/mol. The zero-order chi connectivity index (χ0) is 16.4. The van der Waals surface area contributed by atoms with E-state index >= 15 is 0 Å². The first-order chi connectivity index (χ1) is 11.0. The molecule has 6 heteroatoms. The number of primary amides is 1. The van der Waals surface area contributed by atoms with Crippen LogP contribution in [0.15, 0.2) is 36.7 Å². The van der Waals surface area contributed by atoms with E-state index in [-0.39, 0.29) is 6.04 Å². The number of amides is 1. The summed E-state index contributed by atoms with van der Waals surface area (Å²) in [5, 5.41) is 0.